The Kier molecular flexibility index (Phi) is 3.29. The fourth-order valence-electron chi connectivity index (χ4n) is 2.28. The molecule has 0 spiro atoms. The van der Waals surface area contributed by atoms with E-state index in [9.17, 15) is 4.79 Å². The van der Waals surface area contributed by atoms with Gasteiger partial charge in [0.05, 0.1) is 17.6 Å². The monoisotopic (exact) mass is 230 g/mol. The van der Waals surface area contributed by atoms with Crippen molar-refractivity contribution in [2.75, 3.05) is 5.32 Å². The minimum atomic E-state index is -0.728. The Hall–Kier alpha value is -2.02. The largest absolute Gasteiger partial charge is 0.481 e. The molecule has 4 heteroatoms. The van der Waals surface area contributed by atoms with Gasteiger partial charge in [0.15, 0.2) is 0 Å². The summed E-state index contributed by atoms with van der Waals surface area (Å²) >= 11 is 0. The van der Waals surface area contributed by atoms with Crippen LogP contribution in [0, 0.1) is 17.2 Å². The van der Waals surface area contributed by atoms with Gasteiger partial charge in [-0.3, -0.25) is 4.79 Å². The summed E-state index contributed by atoms with van der Waals surface area (Å²) in [5.74, 6) is -1.03. The second kappa shape index (κ2) is 4.88. The summed E-state index contributed by atoms with van der Waals surface area (Å²) < 4.78 is 0. The lowest BCUT2D eigenvalue weighted by atomic mass is 10.0. The number of nitriles is 1. The van der Waals surface area contributed by atoms with Gasteiger partial charge in [0.2, 0.25) is 0 Å². The van der Waals surface area contributed by atoms with E-state index in [0.29, 0.717) is 5.56 Å². The zero-order chi connectivity index (χ0) is 12.3. The van der Waals surface area contributed by atoms with E-state index >= 15 is 0 Å². The van der Waals surface area contributed by atoms with E-state index in [0.717, 1.165) is 24.9 Å². The summed E-state index contributed by atoms with van der Waals surface area (Å²) in [6, 6.07) is 9.14. The molecule has 0 bridgehead atoms. The second-order valence-corrected chi connectivity index (χ2v) is 4.32. The van der Waals surface area contributed by atoms with Gasteiger partial charge in [-0.05, 0) is 37.1 Å². The number of rotatable bonds is 3. The first-order valence-corrected chi connectivity index (χ1v) is 5.70. The fourth-order valence-corrected chi connectivity index (χ4v) is 2.28. The first kappa shape index (κ1) is 11.5. The summed E-state index contributed by atoms with van der Waals surface area (Å²) in [6.07, 6.45) is 2.57. The van der Waals surface area contributed by atoms with Gasteiger partial charge in [0.25, 0.3) is 0 Å². The molecule has 2 unspecified atom stereocenters. The quantitative estimate of drug-likeness (QED) is 0.835. The van der Waals surface area contributed by atoms with Crippen LogP contribution >= 0.6 is 0 Å². The van der Waals surface area contributed by atoms with E-state index in [2.05, 4.69) is 11.4 Å². The minimum Gasteiger partial charge on any atom is -0.481 e. The molecule has 1 saturated carbocycles. The average molecular weight is 230 g/mol. The number of carboxylic acids is 1. The molecule has 4 nitrogen and oxygen atoms in total. The third kappa shape index (κ3) is 2.56. The van der Waals surface area contributed by atoms with E-state index < -0.39 is 5.97 Å². The van der Waals surface area contributed by atoms with Crippen LogP contribution in [-0.4, -0.2) is 17.1 Å². The van der Waals surface area contributed by atoms with Crippen molar-refractivity contribution in [3.05, 3.63) is 29.8 Å². The van der Waals surface area contributed by atoms with Crippen molar-refractivity contribution in [3.8, 4) is 6.07 Å². The van der Waals surface area contributed by atoms with Gasteiger partial charge < -0.3 is 10.4 Å². The number of hydrogen-bond donors (Lipinski definition) is 2. The van der Waals surface area contributed by atoms with Gasteiger partial charge in [-0.2, -0.15) is 5.26 Å². The topological polar surface area (TPSA) is 73.1 Å². The maximum absolute atomic E-state index is 11.0. The van der Waals surface area contributed by atoms with Crippen LogP contribution in [0.1, 0.15) is 24.8 Å². The van der Waals surface area contributed by atoms with Gasteiger partial charge in [0.1, 0.15) is 0 Å². The van der Waals surface area contributed by atoms with Crippen molar-refractivity contribution in [2.24, 2.45) is 5.92 Å². The highest BCUT2D eigenvalue weighted by Crippen LogP contribution is 2.28. The third-order valence-corrected chi connectivity index (χ3v) is 3.20. The summed E-state index contributed by atoms with van der Waals surface area (Å²) in [5.41, 5.74) is 1.49. The molecular weight excluding hydrogens is 216 g/mol. The molecule has 1 aromatic carbocycles. The van der Waals surface area contributed by atoms with Crippen molar-refractivity contribution >= 4 is 11.7 Å². The summed E-state index contributed by atoms with van der Waals surface area (Å²) in [4.78, 5) is 11.0. The standard InChI is InChI=1S/C13H14N2O2/c14-8-9-4-6-10(7-5-9)15-12-3-1-2-11(12)13(16)17/h4-7,11-12,15H,1-3H2,(H,16,17). The van der Waals surface area contributed by atoms with Crippen molar-refractivity contribution in [1.82, 2.24) is 0 Å². The second-order valence-electron chi connectivity index (χ2n) is 4.32. The van der Waals surface area contributed by atoms with Crippen LogP contribution in [0.3, 0.4) is 0 Å². The normalized spacial score (nSPS) is 23.0. The van der Waals surface area contributed by atoms with Crippen molar-refractivity contribution < 1.29 is 9.90 Å². The molecule has 1 aliphatic carbocycles. The Morgan fingerprint density at radius 3 is 2.65 bits per heavy atom. The molecule has 2 atom stereocenters. The highest BCUT2D eigenvalue weighted by Gasteiger charge is 2.32. The third-order valence-electron chi connectivity index (χ3n) is 3.20. The van der Waals surface area contributed by atoms with Crippen LogP contribution in [0.25, 0.3) is 0 Å². The molecule has 17 heavy (non-hydrogen) atoms. The number of anilines is 1. The first-order valence-electron chi connectivity index (χ1n) is 5.70. The molecule has 0 saturated heterocycles. The summed E-state index contributed by atoms with van der Waals surface area (Å²) in [7, 11) is 0. The minimum absolute atomic E-state index is 0.000403. The number of carbonyl (C=O) groups is 1. The predicted molar refractivity (Wildman–Crippen MR) is 63.5 cm³/mol. The van der Waals surface area contributed by atoms with Crippen molar-refractivity contribution in [3.63, 3.8) is 0 Å². The Bertz CT molecular complexity index is 447. The van der Waals surface area contributed by atoms with E-state index in [1.54, 1.807) is 12.1 Å². The van der Waals surface area contributed by atoms with Gasteiger partial charge in [0, 0.05) is 11.7 Å². The van der Waals surface area contributed by atoms with Crippen molar-refractivity contribution in [2.45, 2.75) is 25.3 Å². The van der Waals surface area contributed by atoms with E-state index in [-0.39, 0.29) is 12.0 Å². The van der Waals surface area contributed by atoms with Crippen LogP contribution in [0.2, 0.25) is 0 Å². The van der Waals surface area contributed by atoms with E-state index in [1.807, 2.05) is 12.1 Å². The zero-order valence-corrected chi connectivity index (χ0v) is 9.39. The van der Waals surface area contributed by atoms with Crippen LogP contribution < -0.4 is 5.32 Å². The van der Waals surface area contributed by atoms with Crippen LogP contribution in [0.15, 0.2) is 24.3 Å². The lowest BCUT2D eigenvalue weighted by molar-refractivity contribution is -0.141. The molecule has 1 aromatic rings. The molecule has 2 N–H and O–H groups in total. The SMILES string of the molecule is N#Cc1ccc(NC2CCCC2C(=O)O)cc1. The van der Waals surface area contributed by atoms with Gasteiger partial charge in [-0.1, -0.05) is 6.42 Å². The van der Waals surface area contributed by atoms with E-state index in [1.165, 1.54) is 0 Å². The molecule has 88 valence electrons. The highest BCUT2D eigenvalue weighted by molar-refractivity contribution is 5.72. The fraction of sp³-hybridized carbons (Fsp3) is 0.385. The summed E-state index contributed by atoms with van der Waals surface area (Å²) in [6.45, 7) is 0. The summed E-state index contributed by atoms with van der Waals surface area (Å²) in [5, 5.41) is 21.0. The number of carboxylic acid groups (broad SMARTS) is 1. The number of aliphatic carboxylic acids is 1. The van der Waals surface area contributed by atoms with E-state index in [4.69, 9.17) is 10.4 Å². The van der Waals surface area contributed by atoms with Crippen LogP contribution in [-0.2, 0) is 4.79 Å². The zero-order valence-electron chi connectivity index (χ0n) is 9.39. The molecule has 0 aliphatic heterocycles. The Morgan fingerprint density at radius 1 is 1.35 bits per heavy atom. The smallest absolute Gasteiger partial charge is 0.308 e. The maximum atomic E-state index is 11.0. The molecule has 2 rings (SSSR count). The lowest BCUT2D eigenvalue weighted by Crippen LogP contribution is -2.29. The van der Waals surface area contributed by atoms with Gasteiger partial charge >= 0.3 is 5.97 Å². The number of benzene rings is 1. The molecule has 1 fully saturated rings. The predicted octanol–water partition coefficient (Wildman–Crippen LogP) is 2.22. The van der Waals surface area contributed by atoms with Gasteiger partial charge in [-0.25, -0.2) is 0 Å². The molecule has 0 aromatic heterocycles. The number of hydrogen-bond acceptors (Lipinski definition) is 3. The molecule has 0 radical (unpaired) electrons. The molecule has 1 aliphatic rings. The highest BCUT2D eigenvalue weighted by atomic mass is 16.4. The number of nitrogens with one attached hydrogen (secondary N) is 1. The first-order chi connectivity index (χ1) is 8.20. The Balaban J connectivity index is 2.05. The Labute approximate surface area is 99.9 Å². The van der Waals surface area contributed by atoms with Gasteiger partial charge in [-0.15, -0.1) is 0 Å². The number of nitrogens with zero attached hydrogens (tertiary/aromatic N) is 1. The molecule has 0 heterocycles. The van der Waals surface area contributed by atoms with Crippen LogP contribution in [0.4, 0.5) is 5.69 Å². The molecular formula is C13H14N2O2. The average Bonchev–Trinajstić information content (AvgIpc) is 2.78. The maximum Gasteiger partial charge on any atom is 0.308 e. The van der Waals surface area contributed by atoms with Crippen molar-refractivity contribution in [1.29, 1.82) is 5.26 Å². The molecule has 0 amide bonds. The Morgan fingerprint density at radius 2 is 2.06 bits per heavy atom. The lowest BCUT2D eigenvalue weighted by Gasteiger charge is -2.18. The van der Waals surface area contributed by atoms with Crippen LogP contribution in [0.5, 0.6) is 0 Å².